The van der Waals surface area contributed by atoms with E-state index in [9.17, 15) is 5.11 Å². The predicted molar refractivity (Wildman–Crippen MR) is 61.7 cm³/mol. The van der Waals surface area contributed by atoms with Gasteiger partial charge in [-0.2, -0.15) is 0 Å². The van der Waals surface area contributed by atoms with Crippen molar-refractivity contribution in [2.24, 2.45) is 11.8 Å². The van der Waals surface area contributed by atoms with Crippen molar-refractivity contribution >= 4 is 0 Å². The molecule has 0 radical (unpaired) electrons. The van der Waals surface area contributed by atoms with Crippen LogP contribution in [0, 0.1) is 11.8 Å². The summed E-state index contributed by atoms with van der Waals surface area (Å²) in [6, 6.07) is 0. The standard InChI is InChI=1S/C12H26O3/c1-5-6-15-11(4)10(3)9(2)7-12(14)8-13/h9-14H,5-8H2,1-4H3. The number of ether oxygens (including phenoxy) is 1. The first-order valence-corrected chi connectivity index (χ1v) is 5.93. The Hall–Kier alpha value is -0.120. The fourth-order valence-electron chi connectivity index (χ4n) is 1.64. The zero-order valence-corrected chi connectivity index (χ0v) is 10.4. The third kappa shape index (κ3) is 6.13. The van der Waals surface area contributed by atoms with Crippen molar-refractivity contribution in [1.82, 2.24) is 0 Å². The first-order chi connectivity index (χ1) is 7.02. The molecule has 0 saturated heterocycles. The maximum absolute atomic E-state index is 9.34. The second-order valence-corrected chi connectivity index (χ2v) is 4.48. The van der Waals surface area contributed by atoms with Crippen LogP contribution in [-0.2, 0) is 4.74 Å². The molecular weight excluding hydrogens is 192 g/mol. The average molecular weight is 218 g/mol. The molecule has 0 rings (SSSR count). The van der Waals surface area contributed by atoms with E-state index in [1.54, 1.807) is 0 Å². The van der Waals surface area contributed by atoms with Gasteiger partial charge in [-0.1, -0.05) is 20.8 Å². The van der Waals surface area contributed by atoms with Crippen LogP contribution in [0.2, 0.25) is 0 Å². The third-order valence-electron chi connectivity index (χ3n) is 3.08. The second kappa shape index (κ2) is 8.08. The summed E-state index contributed by atoms with van der Waals surface area (Å²) in [7, 11) is 0. The molecular formula is C12H26O3. The maximum atomic E-state index is 9.34. The second-order valence-electron chi connectivity index (χ2n) is 4.48. The van der Waals surface area contributed by atoms with Crippen LogP contribution in [0.5, 0.6) is 0 Å². The van der Waals surface area contributed by atoms with Crippen molar-refractivity contribution in [3.63, 3.8) is 0 Å². The Kier molecular flexibility index (Phi) is 8.02. The van der Waals surface area contributed by atoms with E-state index in [-0.39, 0.29) is 12.7 Å². The van der Waals surface area contributed by atoms with Crippen molar-refractivity contribution in [3.8, 4) is 0 Å². The molecule has 0 aromatic heterocycles. The van der Waals surface area contributed by atoms with Crippen LogP contribution < -0.4 is 0 Å². The average Bonchev–Trinajstić information content (AvgIpc) is 2.24. The Morgan fingerprint density at radius 2 is 1.80 bits per heavy atom. The number of aliphatic hydroxyl groups is 2. The van der Waals surface area contributed by atoms with E-state index in [1.807, 2.05) is 0 Å². The van der Waals surface area contributed by atoms with Gasteiger partial charge in [0.25, 0.3) is 0 Å². The smallest absolute Gasteiger partial charge is 0.0773 e. The SMILES string of the molecule is CCCOC(C)C(C)C(C)CC(O)CO. The monoisotopic (exact) mass is 218 g/mol. The van der Waals surface area contributed by atoms with E-state index in [0.29, 0.717) is 18.3 Å². The van der Waals surface area contributed by atoms with Gasteiger partial charge in [0.05, 0.1) is 18.8 Å². The largest absolute Gasteiger partial charge is 0.394 e. The molecule has 3 nitrogen and oxygen atoms in total. The molecule has 0 saturated carbocycles. The first kappa shape index (κ1) is 14.9. The zero-order valence-electron chi connectivity index (χ0n) is 10.4. The van der Waals surface area contributed by atoms with Gasteiger partial charge in [0, 0.05) is 6.61 Å². The molecule has 0 aliphatic heterocycles. The van der Waals surface area contributed by atoms with Gasteiger partial charge in [0.1, 0.15) is 0 Å². The molecule has 2 N–H and O–H groups in total. The lowest BCUT2D eigenvalue weighted by molar-refractivity contribution is -0.000543. The van der Waals surface area contributed by atoms with Crippen molar-refractivity contribution in [2.45, 2.75) is 52.7 Å². The molecule has 0 aliphatic rings. The molecule has 15 heavy (non-hydrogen) atoms. The van der Waals surface area contributed by atoms with E-state index < -0.39 is 6.10 Å². The summed E-state index contributed by atoms with van der Waals surface area (Å²) in [6.07, 6.45) is 1.29. The molecule has 0 bridgehead atoms. The van der Waals surface area contributed by atoms with Crippen LogP contribution in [0.4, 0.5) is 0 Å². The normalized spacial score (nSPS) is 19.6. The van der Waals surface area contributed by atoms with Crippen molar-refractivity contribution < 1.29 is 14.9 Å². The molecule has 92 valence electrons. The molecule has 3 heteroatoms. The highest BCUT2D eigenvalue weighted by Gasteiger charge is 2.21. The maximum Gasteiger partial charge on any atom is 0.0773 e. The fourth-order valence-corrected chi connectivity index (χ4v) is 1.64. The zero-order chi connectivity index (χ0) is 11.8. The van der Waals surface area contributed by atoms with Gasteiger partial charge in [0.2, 0.25) is 0 Å². The Morgan fingerprint density at radius 1 is 1.20 bits per heavy atom. The summed E-state index contributed by atoms with van der Waals surface area (Å²) in [6.45, 7) is 9.03. The summed E-state index contributed by atoms with van der Waals surface area (Å²) >= 11 is 0. The molecule has 0 aromatic carbocycles. The van der Waals surface area contributed by atoms with E-state index >= 15 is 0 Å². The van der Waals surface area contributed by atoms with Gasteiger partial charge in [-0.25, -0.2) is 0 Å². The minimum absolute atomic E-state index is 0.152. The van der Waals surface area contributed by atoms with Crippen LogP contribution >= 0.6 is 0 Å². The van der Waals surface area contributed by atoms with Gasteiger partial charge in [-0.15, -0.1) is 0 Å². The lowest BCUT2D eigenvalue weighted by atomic mass is 9.87. The third-order valence-corrected chi connectivity index (χ3v) is 3.08. The Balaban J connectivity index is 3.89. The summed E-state index contributed by atoms with van der Waals surface area (Å²) < 4.78 is 5.65. The molecule has 0 amide bonds. The summed E-state index contributed by atoms with van der Waals surface area (Å²) in [5.41, 5.74) is 0. The summed E-state index contributed by atoms with van der Waals surface area (Å²) in [4.78, 5) is 0. The minimum Gasteiger partial charge on any atom is -0.394 e. The lowest BCUT2D eigenvalue weighted by Crippen LogP contribution is -2.28. The van der Waals surface area contributed by atoms with Crippen molar-refractivity contribution in [1.29, 1.82) is 0 Å². The summed E-state index contributed by atoms with van der Waals surface area (Å²) in [5, 5.41) is 18.1. The molecule has 4 unspecified atom stereocenters. The molecule has 0 spiro atoms. The number of hydrogen-bond donors (Lipinski definition) is 2. The molecule has 0 aliphatic carbocycles. The van der Waals surface area contributed by atoms with E-state index in [2.05, 4.69) is 27.7 Å². The van der Waals surface area contributed by atoms with Crippen LogP contribution in [-0.4, -0.2) is 35.6 Å². The summed E-state index contributed by atoms with van der Waals surface area (Å²) in [5.74, 6) is 0.761. The number of rotatable bonds is 8. The Labute approximate surface area is 93.5 Å². The van der Waals surface area contributed by atoms with Gasteiger partial charge in [-0.05, 0) is 31.6 Å². The van der Waals surface area contributed by atoms with Crippen molar-refractivity contribution in [3.05, 3.63) is 0 Å². The van der Waals surface area contributed by atoms with Crippen LogP contribution in [0.1, 0.15) is 40.5 Å². The minimum atomic E-state index is -0.596. The molecule has 0 fully saturated rings. The fraction of sp³-hybridized carbons (Fsp3) is 1.00. The highest BCUT2D eigenvalue weighted by atomic mass is 16.5. The van der Waals surface area contributed by atoms with Gasteiger partial charge in [0.15, 0.2) is 0 Å². The Bertz CT molecular complexity index is 150. The lowest BCUT2D eigenvalue weighted by Gasteiger charge is -2.27. The first-order valence-electron chi connectivity index (χ1n) is 5.93. The van der Waals surface area contributed by atoms with Gasteiger partial charge >= 0.3 is 0 Å². The number of aliphatic hydroxyl groups excluding tert-OH is 2. The quantitative estimate of drug-likeness (QED) is 0.653. The molecule has 4 atom stereocenters. The molecule has 0 aromatic rings. The predicted octanol–water partition coefficient (Wildman–Crippen LogP) is 1.82. The Morgan fingerprint density at radius 3 is 2.27 bits per heavy atom. The molecule has 0 heterocycles. The van der Waals surface area contributed by atoms with E-state index in [4.69, 9.17) is 9.84 Å². The van der Waals surface area contributed by atoms with Crippen LogP contribution in [0.25, 0.3) is 0 Å². The van der Waals surface area contributed by atoms with Crippen molar-refractivity contribution in [2.75, 3.05) is 13.2 Å². The highest BCUT2D eigenvalue weighted by Crippen LogP contribution is 2.22. The topological polar surface area (TPSA) is 49.7 Å². The number of hydrogen-bond acceptors (Lipinski definition) is 3. The highest BCUT2D eigenvalue weighted by molar-refractivity contribution is 4.71. The van der Waals surface area contributed by atoms with Crippen LogP contribution in [0.3, 0.4) is 0 Å². The van der Waals surface area contributed by atoms with E-state index in [1.165, 1.54) is 0 Å². The van der Waals surface area contributed by atoms with Gasteiger partial charge < -0.3 is 14.9 Å². The van der Waals surface area contributed by atoms with E-state index in [0.717, 1.165) is 13.0 Å². The van der Waals surface area contributed by atoms with Gasteiger partial charge in [-0.3, -0.25) is 0 Å². The van der Waals surface area contributed by atoms with Crippen LogP contribution in [0.15, 0.2) is 0 Å².